The van der Waals surface area contributed by atoms with Crippen molar-refractivity contribution in [2.24, 2.45) is 10.2 Å². The Hall–Kier alpha value is -4.79. The highest BCUT2D eigenvalue weighted by Crippen LogP contribution is 2.31. The maximum Gasteiger partial charge on any atom is 0.301 e. The van der Waals surface area contributed by atoms with E-state index < -0.39 is 25.5 Å². The lowest BCUT2D eigenvalue weighted by Crippen LogP contribution is -2.13. The lowest BCUT2D eigenvalue weighted by Gasteiger charge is -2.05. The first kappa shape index (κ1) is 24.9. The van der Waals surface area contributed by atoms with Crippen LogP contribution in [0.4, 0.5) is 17.1 Å². The minimum atomic E-state index is -4.63. The molecule has 38 heavy (non-hydrogen) atoms. The Labute approximate surface area is 218 Å². The van der Waals surface area contributed by atoms with Gasteiger partial charge in [0.05, 0.1) is 26.9 Å². The number of aromatic nitrogens is 3. The van der Waals surface area contributed by atoms with Crippen LogP contribution in [0, 0.1) is 10.1 Å². The van der Waals surface area contributed by atoms with Gasteiger partial charge in [0.25, 0.3) is 5.69 Å². The number of non-ortho nitro benzene ring substituents is 1. The van der Waals surface area contributed by atoms with E-state index in [-0.39, 0.29) is 22.8 Å². The van der Waals surface area contributed by atoms with E-state index in [0.717, 1.165) is 17.7 Å². The first-order chi connectivity index (χ1) is 18.2. The zero-order chi connectivity index (χ0) is 26.9. The van der Waals surface area contributed by atoms with Crippen LogP contribution in [0.5, 0.6) is 0 Å². The van der Waals surface area contributed by atoms with Crippen LogP contribution in [0.15, 0.2) is 104 Å². The van der Waals surface area contributed by atoms with Gasteiger partial charge < -0.3 is 4.55 Å². The highest BCUT2D eigenvalue weighted by Gasteiger charge is 2.20. The van der Waals surface area contributed by atoms with E-state index in [2.05, 4.69) is 20.3 Å². The maximum atomic E-state index is 13.4. The lowest BCUT2D eigenvalue weighted by molar-refractivity contribution is -0.384. The number of azo groups is 1. The number of H-pyrrole nitrogens is 1. The van der Waals surface area contributed by atoms with Crippen LogP contribution in [0.25, 0.3) is 27.6 Å². The molecule has 0 fully saturated rings. The third-order valence-electron chi connectivity index (χ3n) is 5.38. The zero-order valence-electron chi connectivity index (χ0n) is 19.1. The number of thiazole rings is 1. The van der Waals surface area contributed by atoms with Crippen LogP contribution in [0.3, 0.4) is 0 Å². The first-order valence-corrected chi connectivity index (χ1v) is 13.1. The summed E-state index contributed by atoms with van der Waals surface area (Å²) in [5, 5.41) is 24.3. The van der Waals surface area contributed by atoms with Gasteiger partial charge in [0.1, 0.15) is 10.1 Å². The summed E-state index contributed by atoms with van der Waals surface area (Å²) in [6, 6.07) is 19.7. The van der Waals surface area contributed by atoms with E-state index in [0.29, 0.717) is 16.4 Å². The monoisotopic (exact) mass is 547 g/mol. The molecular weight excluding hydrogens is 532 g/mol. The SMILES string of the molecule is O=c1c(N=Nc2ccc(S(=O)(=O)[O-])cc2)c(-c2ccc([N+](=O)[O-])cc2)[nH]n1-c1nc(-c2ccccc2)cs1. The largest absolute Gasteiger partial charge is 0.744 e. The molecule has 5 aromatic rings. The number of hydrogen-bond acceptors (Lipinski definition) is 10. The number of nitrogens with one attached hydrogen (secondary N) is 1. The standard InChI is InChI=1S/C24H16N6O6S2/c31-23-22(27-26-17-8-12-19(13-9-17)38(34,35)36)21(16-6-10-18(11-7-16)30(32)33)28-29(23)24-25-20(14-37-24)15-4-2-1-3-5-15/h1-14,28H,(H,34,35,36)/p-1. The number of nitro benzene ring substituents is 1. The molecule has 0 saturated heterocycles. The summed E-state index contributed by atoms with van der Waals surface area (Å²) in [4.78, 5) is 28.1. The molecule has 2 aromatic heterocycles. The predicted octanol–water partition coefficient (Wildman–Crippen LogP) is 5.18. The average molecular weight is 548 g/mol. The van der Waals surface area contributed by atoms with Crippen LogP contribution in [-0.4, -0.2) is 32.7 Å². The molecule has 5 rings (SSSR count). The summed E-state index contributed by atoms with van der Waals surface area (Å²) in [6.45, 7) is 0. The molecular formula is C24H15N6O6S2-. The molecule has 190 valence electrons. The van der Waals surface area contributed by atoms with E-state index in [1.165, 1.54) is 52.4 Å². The Balaban J connectivity index is 1.58. The molecule has 2 heterocycles. The average Bonchev–Trinajstić information content (AvgIpc) is 3.52. The summed E-state index contributed by atoms with van der Waals surface area (Å²) >= 11 is 1.23. The quantitative estimate of drug-likeness (QED) is 0.126. The van der Waals surface area contributed by atoms with Crippen LogP contribution >= 0.6 is 11.3 Å². The van der Waals surface area contributed by atoms with Crippen LogP contribution in [-0.2, 0) is 10.1 Å². The van der Waals surface area contributed by atoms with Gasteiger partial charge in [-0.15, -0.1) is 16.5 Å². The highest BCUT2D eigenvalue weighted by atomic mass is 32.2. The van der Waals surface area contributed by atoms with Gasteiger partial charge in [-0.3, -0.25) is 20.0 Å². The van der Waals surface area contributed by atoms with Gasteiger partial charge in [0.15, 0.2) is 5.69 Å². The van der Waals surface area contributed by atoms with Crippen LogP contribution < -0.4 is 5.56 Å². The van der Waals surface area contributed by atoms with Crippen LogP contribution in [0.2, 0.25) is 0 Å². The summed E-state index contributed by atoms with van der Waals surface area (Å²) in [6.07, 6.45) is 0. The molecule has 0 amide bonds. The number of nitro groups is 1. The zero-order valence-corrected chi connectivity index (χ0v) is 20.7. The van der Waals surface area contributed by atoms with Gasteiger partial charge in [-0.05, 0) is 36.4 Å². The Morgan fingerprint density at radius 1 is 0.921 bits per heavy atom. The van der Waals surface area contributed by atoms with E-state index >= 15 is 0 Å². The number of benzene rings is 3. The smallest absolute Gasteiger partial charge is 0.301 e. The fourth-order valence-corrected chi connectivity index (χ4v) is 4.76. The maximum absolute atomic E-state index is 13.4. The minimum absolute atomic E-state index is 0.101. The van der Waals surface area contributed by atoms with Crippen molar-refractivity contribution >= 4 is 38.5 Å². The van der Waals surface area contributed by atoms with Gasteiger partial charge in [0.2, 0.25) is 5.13 Å². The Bertz CT molecular complexity index is 1820. The van der Waals surface area contributed by atoms with Gasteiger partial charge in [-0.2, -0.15) is 9.80 Å². The number of rotatable bonds is 7. The second kappa shape index (κ2) is 9.93. The Kier molecular flexibility index (Phi) is 6.50. The first-order valence-electron chi connectivity index (χ1n) is 10.8. The highest BCUT2D eigenvalue weighted by molar-refractivity contribution is 7.85. The summed E-state index contributed by atoms with van der Waals surface area (Å²) in [5.41, 5.74) is 1.61. The van der Waals surface area contributed by atoms with Crippen molar-refractivity contribution in [1.82, 2.24) is 14.8 Å². The molecule has 14 heteroatoms. The van der Waals surface area contributed by atoms with Crippen molar-refractivity contribution in [2.75, 3.05) is 0 Å². The van der Waals surface area contributed by atoms with E-state index in [9.17, 15) is 27.9 Å². The molecule has 0 spiro atoms. The van der Waals surface area contributed by atoms with Gasteiger partial charge in [-0.1, -0.05) is 30.3 Å². The van der Waals surface area contributed by atoms with Gasteiger partial charge in [-0.25, -0.2) is 13.4 Å². The van der Waals surface area contributed by atoms with E-state index in [1.807, 2.05) is 30.3 Å². The Morgan fingerprint density at radius 3 is 2.24 bits per heavy atom. The molecule has 0 bridgehead atoms. The van der Waals surface area contributed by atoms with Crippen molar-refractivity contribution in [1.29, 1.82) is 0 Å². The molecule has 12 nitrogen and oxygen atoms in total. The van der Waals surface area contributed by atoms with Crippen molar-refractivity contribution < 1.29 is 17.9 Å². The fraction of sp³-hybridized carbons (Fsp3) is 0. The lowest BCUT2D eigenvalue weighted by atomic mass is 10.1. The normalized spacial score (nSPS) is 11.7. The third-order valence-corrected chi connectivity index (χ3v) is 7.05. The molecule has 0 aliphatic rings. The van der Waals surface area contributed by atoms with E-state index in [4.69, 9.17) is 0 Å². The number of nitrogens with zero attached hydrogens (tertiary/aromatic N) is 5. The van der Waals surface area contributed by atoms with Crippen molar-refractivity contribution in [2.45, 2.75) is 4.90 Å². The molecule has 0 unspecified atom stereocenters. The predicted molar refractivity (Wildman–Crippen MR) is 138 cm³/mol. The van der Waals surface area contributed by atoms with Gasteiger partial charge >= 0.3 is 5.56 Å². The molecule has 0 atom stereocenters. The van der Waals surface area contributed by atoms with Gasteiger partial charge in [0, 0.05) is 28.6 Å². The summed E-state index contributed by atoms with van der Waals surface area (Å²) in [5.74, 6) is 0. The second-order valence-electron chi connectivity index (χ2n) is 7.81. The van der Waals surface area contributed by atoms with E-state index in [1.54, 1.807) is 5.38 Å². The third kappa shape index (κ3) is 5.04. The minimum Gasteiger partial charge on any atom is -0.744 e. The van der Waals surface area contributed by atoms with Crippen LogP contribution in [0.1, 0.15) is 0 Å². The molecule has 0 aliphatic carbocycles. The van der Waals surface area contributed by atoms with Crippen molar-refractivity contribution in [3.05, 3.63) is 105 Å². The molecule has 0 radical (unpaired) electrons. The Morgan fingerprint density at radius 2 is 1.61 bits per heavy atom. The summed E-state index contributed by atoms with van der Waals surface area (Å²) in [7, 11) is -4.63. The van der Waals surface area contributed by atoms with Crippen molar-refractivity contribution in [3.63, 3.8) is 0 Å². The molecule has 0 aliphatic heterocycles. The molecule has 3 aromatic carbocycles. The topological polar surface area (TPSA) is 176 Å². The molecule has 0 saturated carbocycles. The fourth-order valence-electron chi connectivity index (χ4n) is 3.50. The second-order valence-corrected chi connectivity index (χ2v) is 10.0. The molecule has 1 N–H and O–H groups in total. The number of hydrogen-bond donors (Lipinski definition) is 1. The number of aromatic amines is 1. The summed E-state index contributed by atoms with van der Waals surface area (Å²) < 4.78 is 34.7. The van der Waals surface area contributed by atoms with Crippen molar-refractivity contribution in [3.8, 4) is 27.6 Å².